The Morgan fingerprint density at radius 2 is 1.46 bits per heavy atom. The van der Waals surface area contributed by atoms with E-state index in [1.807, 2.05) is 6.92 Å². The van der Waals surface area contributed by atoms with Crippen molar-refractivity contribution in [3.63, 3.8) is 0 Å². The minimum absolute atomic E-state index is 0.132. The van der Waals surface area contributed by atoms with Gasteiger partial charge in [-0.2, -0.15) is 0 Å². The highest BCUT2D eigenvalue weighted by Gasteiger charge is 2.20. The molecule has 0 bridgehead atoms. The number of esters is 1. The van der Waals surface area contributed by atoms with Crippen LogP contribution >= 0.6 is 0 Å². The van der Waals surface area contributed by atoms with Crippen molar-refractivity contribution in [2.75, 3.05) is 26.4 Å². The van der Waals surface area contributed by atoms with Crippen LogP contribution in [0.3, 0.4) is 0 Å². The van der Waals surface area contributed by atoms with E-state index >= 15 is 0 Å². The first-order valence-electron chi connectivity index (χ1n) is 9.03. The van der Waals surface area contributed by atoms with Crippen molar-refractivity contribution < 1.29 is 32.9 Å². The lowest BCUT2D eigenvalue weighted by Crippen LogP contribution is -2.16. The van der Waals surface area contributed by atoms with E-state index < -0.39 is 24.2 Å². The van der Waals surface area contributed by atoms with Crippen LogP contribution in [0.1, 0.15) is 41.5 Å². The lowest BCUT2D eigenvalue weighted by Gasteiger charge is -2.16. The average molecular weight is 390 g/mol. The molecule has 0 fully saturated rings. The monoisotopic (exact) mass is 390 g/mol. The average Bonchev–Trinajstić information content (AvgIpc) is 2.68. The number of Topliss-reactive ketones (excluding diaryl/α,β-unsaturated/α-hetero) is 1. The lowest BCUT2D eigenvalue weighted by molar-refractivity contribution is 0.0472. The minimum Gasteiger partial charge on any atom is -0.490 e. The molecule has 0 heterocycles. The number of halogens is 1. The van der Waals surface area contributed by atoms with E-state index in [-0.39, 0.29) is 11.1 Å². The lowest BCUT2D eigenvalue weighted by atomic mass is 10.1. The fraction of sp³-hybridized carbons (Fsp3) is 0.333. The number of carbonyl (C=O) groups is 2. The summed E-state index contributed by atoms with van der Waals surface area (Å²) in [6, 6.07) is 8.45. The van der Waals surface area contributed by atoms with Crippen molar-refractivity contribution in [1.82, 2.24) is 0 Å². The van der Waals surface area contributed by atoms with Gasteiger partial charge in [0, 0.05) is 0 Å². The van der Waals surface area contributed by atoms with Gasteiger partial charge in [0.15, 0.2) is 18.1 Å². The van der Waals surface area contributed by atoms with Crippen LogP contribution in [-0.4, -0.2) is 38.2 Å². The molecule has 0 unspecified atom stereocenters. The van der Waals surface area contributed by atoms with Gasteiger partial charge in [0.1, 0.15) is 5.82 Å². The molecule has 0 spiro atoms. The molecule has 28 heavy (non-hydrogen) atoms. The van der Waals surface area contributed by atoms with Crippen molar-refractivity contribution in [3.05, 3.63) is 53.3 Å². The molecule has 2 aromatic carbocycles. The number of ketones is 1. The molecule has 0 aliphatic heterocycles. The van der Waals surface area contributed by atoms with E-state index in [9.17, 15) is 14.0 Å². The van der Waals surface area contributed by atoms with Gasteiger partial charge in [-0.05, 0) is 45.0 Å². The van der Waals surface area contributed by atoms with Gasteiger partial charge in [-0.1, -0.05) is 12.1 Å². The van der Waals surface area contributed by atoms with E-state index in [1.165, 1.54) is 36.4 Å². The molecule has 0 N–H and O–H groups in total. The third-order valence-corrected chi connectivity index (χ3v) is 3.65. The Hall–Kier alpha value is -3.09. The highest BCUT2D eigenvalue weighted by molar-refractivity contribution is 5.99. The quantitative estimate of drug-likeness (QED) is 0.450. The summed E-state index contributed by atoms with van der Waals surface area (Å²) in [5.74, 6) is -0.987. The number of benzene rings is 2. The van der Waals surface area contributed by atoms with Crippen molar-refractivity contribution >= 4 is 11.8 Å². The van der Waals surface area contributed by atoms with Crippen LogP contribution in [-0.2, 0) is 4.74 Å². The van der Waals surface area contributed by atoms with Gasteiger partial charge in [-0.3, -0.25) is 4.79 Å². The van der Waals surface area contributed by atoms with Crippen molar-refractivity contribution in [3.8, 4) is 17.2 Å². The Labute approximate surface area is 163 Å². The second kappa shape index (κ2) is 10.3. The first kappa shape index (κ1) is 21.2. The van der Waals surface area contributed by atoms with Gasteiger partial charge in [0.05, 0.1) is 30.9 Å². The van der Waals surface area contributed by atoms with E-state index in [0.717, 1.165) is 0 Å². The predicted octanol–water partition coefficient (Wildman–Crippen LogP) is 4.06. The zero-order chi connectivity index (χ0) is 20.5. The maximum atomic E-state index is 13.7. The second-order valence-electron chi connectivity index (χ2n) is 5.58. The van der Waals surface area contributed by atoms with Crippen molar-refractivity contribution in [1.29, 1.82) is 0 Å². The van der Waals surface area contributed by atoms with Crippen molar-refractivity contribution in [2.24, 2.45) is 0 Å². The largest absolute Gasteiger partial charge is 0.490 e. The number of carbonyl (C=O) groups excluding carboxylic acids is 2. The van der Waals surface area contributed by atoms with E-state index in [0.29, 0.717) is 37.1 Å². The molecule has 0 radical (unpaired) electrons. The van der Waals surface area contributed by atoms with Crippen LogP contribution in [0.15, 0.2) is 36.4 Å². The number of hydrogen-bond donors (Lipinski definition) is 0. The molecule has 0 amide bonds. The van der Waals surface area contributed by atoms with Gasteiger partial charge in [0.25, 0.3) is 0 Å². The zero-order valence-corrected chi connectivity index (χ0v) is 16.1. The molecule has 2 aromatic rings. The minimum atomic E-state index is -0.755. The first-order valence-corrected chi connectivity index (χ1v) is 9.03. The molecular formula is C21H23FO6. The molecule has 6 nitrogen and oxygen atoms in total. The van der Waals surface area contributed by atoms with Crippen molar-refractivity contribution in [2.45, 2.75) is 20.8 Å². The Bertz CT molecular complexity index is 806. The van der Waals surface area contributed by atoms with Gasteiger partial charge < -0.3 is 18.9 Å². The molecule has 2 rings (SSSR count). The Morgan fingerprint density at radius 3 is 2.00 bits per heavy atom. The second-order valence-corrected chi connectivity index (χ2v) is 5.58. The Kier molecular flexibility index (Phi) is 7.80. The Morgan fingerprint density at radius 1 is 0.893 bits per heavy atom. The summed E-state index contributed by atoms with van der Waals surface area (Å²) in [5.41, 5.74) is 0.00342. The van der Waals surface area contributed by atoms with E-state index in [1.54, 1.807) is 13.8 Å². The summed E-state index contributed by atoms with van der Waals surface area (Å²) in [4.78, 5) is 24.5. The molecular weight excluding hydrogens is 367 g/mol. The van der Waals surface area contributed by atoms with Crippen LogP contribution < -0.4 is 14.2 Å². The van der Waals surface area contributed by atoms with Crippen LogP contribution in [0, 0.1) is 5.82 Å². The molecule has 7 heteroatoms. The highest BCUT2D eigenvalue weighted by Crippen LogP contribution is 2.39. The molecule has 0 aliphatic carbocycles. The van der Waals surface area contributed by atoms with Gasteiger partial charge >= 0.3 is 5.97 Å². The molecule has 150 valence electrons. The fourth-order valence-corrected chi connectivity index (χ4v) is 2.49. The SMILES string of the molecule is CCOc1cc(C(=O)OCC(=O)c2ccccc2F)cc(OCC)c1OCC. The zero-order valence-electron chi connectivity index (χ0n) is 16.1. The summed E-state index contributed by atoms with van der Waals surface area (Å²) in [5, 5.41) is 0. The summed E-state index contributed by atoms with van der Waals surface area (Å²) >= 11 is 0. The van der Waals surface area contributed by atoms with Gasteiger partial charge in [0.2, 0.25) is 11.5 Å². The topological polar surface area (TPSA) is 71.1 Å². The van der Waals surface area contributed by atoms with Crippen LogP contribution in [0.5, 0.6) is 17.2 Å². The van der Waals surface area contributed by atoms with Crippen LogP contribution in [0.2, 0.25) is 0 Å². The van der Waals surface area contributed by atoms with E-state index in [2.05, 4.69) is 0 Å². The first-order chi connectivity index (χ1) is 13.5. The third-order valence-electron chi connectivity index (χ3n) is 3.65. The number of ether oxygens (including phenoxy) is 4. The molecule has 0 saturated heterocycles. The Balaban J connectivity index is 2.21. The normalized spacial score (nSPS) is 10.3. The maximum absolute atomic E-state index is 13.7. The number of rotatable bonds is 10. The molecule has 0 aromatic heterocycles. The van der Waals surface area contributed by atoms with Crippen LogP contribution in [0.25, 0.3) is 0 Å². The summed E-state index contributed by atoms with van der Waals surface area (Å²) < 4.78 is 35.4. The summed E-state index contributed by atoms with van der Waals surface area (Å²) in [6.07, 6.45) is 0. The third kappa shape index (κ3) is 5.22. The maximum Gasteiger partial charge on any atom is 0.338 e. The van der Waals surface area contributed by atoms with Gasteiger partial charge in [-0.15, -0.1) is 0 Å². The van der Waals surface area contributed by atoms with Crippen LogP contribution in [0.4, 0.5) is 4.39 Å². The summed E-state index contributed by atoms with van der Waals surface area (Å²) in [6.45, 7) is 5.94. The fourth-order valence-electron chi connectivity index (χ4n) is 2.49. The van der Waals surface area contributed by atoms with E-state index in [4.69, 9.17) is 18.9 Å². The standard InChI is InChI=1S/C21H23FO6/c1-4-25-18-11-14(12-19(26-5-2)20(18)27-6-3)21(24)28-13-17(23)15-9-7-8-10-16(15)22/h7-12H,4-6,13H2,1-3H3. The summed E-state index contributed by atoms with van der Waals surface area (Å²) in [7, 11) is 0. The molecule has 0 saturated carbocycles. The predicted molar refractivity (Wildman–Crippen MR) is 101 cm³/mol. The molecule has 0 atom stereocenters. The number of hydrogen-bond acceptors (Lipinski definition) is 6. The highest BCUT2D eigenvalue weighted by atomic mass is 19.1. The smallest absolute Gasteiger partial charge is 0.338 e. The van der Waals surface area contributed by atoms with Gasteiger partial charge in [-0.25, -0.2) is 9.18 Å². The molecule has 0 aliphatic rings.